The van der Waals surface area contributed by atoms with Gasteiger partial charge < -0.3 is 11.5 Å². The number of pyridine rings is 1. The van der Waals surface area contributed by atoms with Crippen LogP contribution in [0.5, 0.6) is 0 Å². The van der Waals surface area contributed by atoms with E-state index in [1.54, 1.807) is 23.1 Å². The van der Waals surface area contributed by atoms with Gasteiger partial charge >= 0.3 is 0 Å². The molecule has 0 radical (unpaired) electrons. The van der Waals surface area contributed by atoms with Crippen molar-refractivity contribution >= 4 is 17.7 Å². The van der Waals surface area contributed by atoms with Crippen LogP contribution in [0.2, 0.25) is 0 Å². The van der Waals surface area contributed by atoms with E-state index in [0.29, 0.717) is 30.5 Å². The third-order valence-corrected chi connectivity index (χ3v) is 4.99. The molecule has 2 aromatic heterocycles. The first-order valence-corrected chi connectivity index (χ1v) is 9.86. The maximum Gasteiger partial charge on any atom is 0.228 e. The largest absolute Gasteiger partial charge is 0.368 e. The second-order valence-corrected chi connectivity index (χ2v) is 7.21. The predicted molar refractivity (Wildman–Crippen MR) is 107 cm³/mol. The molecule has 1 saturated carbocycles. The van der Waals surface area contributed by atoms with Crippen molar-refractivity contribution in [3.05, 3.63) is 30.2 Å². The number of halogens is 1. The molecular formula is C20H27FN6O. The zero-order valence-electron chi connectivity index (χ0n) is 16.0. The lowest BCUT2D eigenvalue weighted by molar-refractivity contribution is -0.119. The monoisotopic (exact) mass is 386 g/mol. The fourth-order valence-electron chi connectivity index (χ4n) is 3.45. The summed E-state index contributed by atoms with van der Waals surface area (Å²) in [5.74, 6) is -0.0752. The van der Waals surface area contributed by atoms with Gasteiger partial charge in [-0.3, -0.25) is 9.69 Å². The number of anilines is 2. The van der Waals surface area contributed by atoms with Gasteiger partial charge in [0.05, 0.1) is 11.9 Å². The van der Waals surface area contributed by atoms with Crippen molar-refractivity contribution in [3.8, 4) is 11.4 Å². The summed E-state index contributed by atoms with van der Waals surface area (Å²) in [5.41, 5.74) is 11.5. The number of aromatic nitrogens is 3. The highest BCUT2D eigenvalue weighted by Gasteiger charge is 2.21. The number of amides is 1. The van der Waals surface area contributed by atoms with Crippen LogP contribution >= 0.6 is 0 Å². The van der Waals surface area contributed by atoms with E-state index in [0.717, 1.165) is 19.0 Å². The quantitative estimate of drug-likeness (QED) is 0.820. The molecule has 1 amide bonds. The van der Waals surface area contributed by atoms with Gasteiger partial charge in [-0.2, -0.15) is 0 Å². The summed E-state index contributed by atoms with van der Waals surface area (Å²) < 4.78 is 13.8. The van der Waals surface area contributed by atoms with Gasteiger partial charge in [0.2, 0.25) is 11.9 Å². The van der Waals surface area contributed by atoms with E-state index in [1.165, 1.54) is 32.1 Å². The Kier molecular flexibility index (Phi) is 6.86. The van der Waals surface area contributed by atoms with E-state index in [-0.39, 0.29) is 17.5 Å². The highest BCUT2D eigenvalue weighted by Crippen LogP contribution is 2.24. The number of carbonyl (C=O) groups excluding carboxylic acids is 1. The standard InChI is InChI=1S/C14H14FN5O.C6H13N/c15-9-8-17-14(16)19-13(9)10-4-3-5-11(18-10)20-7-2-1-6-12(20)21;7-6-4-2-1-3-5-6/h3-5,8H,1-2,6-7H2,(H2,16,17,19);6H,1-5,7H2. The topological polar surface area (TPSA) is 111 Å². The number of nitrogens with zero attached hydrogens (tertiary/aromatic N) is 4. The first-order chi connectivity index (χ1) is 13.5. The first-order valence-electron chi connectivity index (χ1n) is 9.86. The second kappa shape index (κ2) is 9.54. The summed E-state index contributed by atoms with van der Waals surface area (Å²) >= 11 is 0. The summed E-state index contributed by atoms with van der Waals surface area (Å²) in [7, 11) is 0. The Bertz CT molecular complexity index is 809. The van der Waals surface area contributed by atoms with Crippen LogP contribution in [0, 0.1) is 5.82 Å². The molecule has 0 bridgehead atoms. The molecule has 2 aliphatic rings. The number of nitrogens with two attached hydrogens (primary N) is 2. The lowest BCUT2D eigenvalue weighted by Gasteiger charge is -2.25. The number of rotatable bonds is 2. The maximum atomic E-state index is 13.8. The molecule has 0 aromatic carbocycles. The lowest BCUT2D eigenvalue weighted by Crippen LogP contribution is -2.35. The van der Waals surface area contributed by atoms with Crippen molar-refractivity contribution in [1.82, 2.24) is 15.0 Å². The van der Waals surface area contributed by atoms with Crippen LogP contribution in [0.1, 0.15) is 51.4 Å². The van der Waals surface area contributed by atoms with Crippen molar-refractivity contribution in [2.45, 2.75) is 57.4 Å². The van der Waals surface area contributed by atoms with E-state index in [9.17, 15) is 9.18 Å². The fraction of sp³-hybridized carbons (Fsp3) is 0.500. The summed E-state index contributed by atoms with van der Waals surface area (Å²) in [6.07, 6.45) is 10.0. The van der Waals surface area contributed by atoms with Crippen LogP contribution in [0.15, 0.2) is 24.4 Å². The summed E-state index contributed by atoms with van der Waals surface area (Å²) in [5, 5.41) is 0. The maximum absolute atomic E-state index is 13.8. The Labute approximate surface area is 164 Å². The molecule has 2 aromatic rings. The summed E-state index contributed by atoms with van der Waals surface area (Å²) in [6, 6.07) is 5.61. The van der Waals surface area contributed by atoms with E-state index in [4.69, 9.17) is 11.5 Å². The molecule has 4 rings (SSSR count). The third-order valence-electron chi connectivity index (χ3n) is 4.99. The van der Waals surface area contributed by atoms with Crippen LogP contribution in [-0.2, 0) is 4.79 Å². The van der Waals surface area contributed by atoms with E-state index < -0.39 is 5.82 Å². The van der Waals surface area contributed by atoms with Gasteiger partial charge in [-0.15, -0.1) is 0 Å². The molecule has 3 heterocycles. The minimum atomic E-state index is -0.598. The number of carbonyl (C=O) groups is 1. The second-order valence-electron chi connectivity index (χ2n) is 7.21. The van der Waals surface area contributed by atoms with E-state index >= 15 is 0 Å². The minimum Gasteiger partial charge on any atom is -0.368 e. The van der Waals surface area contributed by atoms with E-state index in [2.05, 4.69) is 15.0 Å². The molecule has 1 aliphatic carbocycles. The molecule has 2 fully saturated rings. The highest BCUT2D eigenvalue weighted by atomic mass is 19.1. The molecule has 4 N–H and O–H groups in total. The zero-order valence-corrected chi connectivity index (χ0v) is 16.0. The molecule has 8 heteroatoms. The molecule has 7 nitrogen and oxygen atoms in total. The molecular weight excluding hydrogens is 359 g/mol. The van der Waals surface area contributed by atoms with Crippen LogP contribution in [0.4, 0.5) is 16.2 Å². The molecule has 0 unspecified atom stereocenters. The SMILES string of the molecule is NC1CCCCC1.Nc1ncc(F)c(-c2cccc(N3CCCCC3=O)n2)n1. The van der Waals surface area contributed by atoms with Gasteiger partial charge in [0.25, 0.3) is 0 Å². The van der Waals surface area contributed by atoms with Crippen molar-refractivity contribution < 1.29 is 9.18 Å². The van der Waals surface area contributed by atoms with Crippen LogP contribution in [-0.4, -0.2) is 33.4 Å². The number of piperidine rings is 1. The van der Waals surface area contributed by atoms with Crippen molar-refractivity contribution in [3.63, 3.8) is 0 Å². The Morgan fingerprint density at radius 2 is 1.86 bits per heavy atom. The van der Waals surface area contributed by atoms with Crippen LogP contribution in [0.25, 0.3) is 11.4 Å². The Morgan fingerprint density at radius 1 is 1.07 bits per heavy atom. The Hall–Kier alpha value is -2.61. The molecule has 1 aliphatic heterocycles. The molecule has 150 valence electrons. The van der Waals surface area contributed by atoms with Crippen molar-refractivity contribution in [1.29, 1.82) is 0 Å². The highest BCUT2D eigenvalue weighted by molar-refractivity contribution is 5.93. The zero-order chi connectivity index (χ0) is 19.9. The van der Waals surface area contributed by atoms with Gasteiger partial charge in [-0.1, -0.05) is 25.3 Å². The van der Waals surface area contributed by atoms with Gasteiger partial charge in [0.1, 0.15) is 11.5 Å². The van der Waals surface area contributed by atoms with Crippen LogP contribution < -0.4 is 16.4 Å². The lowest BCUT2D eigenvalue weighted by atomic mass is 9.97. The first kappa shape index (κ1) is 20.1. The van der Waals surface area contributed by atoms with E-state index in [1.807, 2.05) is 0 Å². The van der Waals surface area contributed by atoms with Gasteiger partial charge in [0.15, 0.2) is 5.82 Å². The van der Waals surface area contributed by atoms with Gasteiger partial charge in [-0.05, 0) is 37.8 Å². The minimum absolute atomic E-state index is 0.0207. The molecule has 1 saturated heterocycles. The Balaban J connectivity index is 0.000000271. The van der Waals surface area contributed by atoms with Gasteiger partial charge in [-0.25, -0.2) is 19.3 Å². The molecule has 0 atom stereocenters. The number of nitrogen functional groups attached to an aromatic ring is 1. The predicted octanol–water partition coefficient (Wildman–Crippen LogP) is 3.05. The normalized spacial score (nSPS) is 17.8. The summed E-state index contributed by atoms with van der Waals surface area (Å²) in [4.78, 5) is 25.4. The molecule has 0 spiro atoms. The van der Waals surface area contributed by atoms with Gasteiger partial charge in [0, 0.05) is 19.0 Å². The molecule has 28 heavy (non-hydrogen) atoms. The van der Waals surface area contributed by atoms with Crippen molar-refractivity contribution in [2.24, 2.45) is 5.73 Å². The van der Waals surface area contributed by atoms with Crippen LogP contribution in [0.3, 0.4) is 0 Å². The fourth-order valence-corrected chi connectivity index (χ4v) is 3.45. The van der Waals surface area contributed by atoms with Crippen molar-refractivity contribution in [2.75, 3.05) is 17.2 Å². The summed E-state index contributed by atoms with van der Waals surface area (Å²) in [6.45, 7) is 0.629. The number of hydrogen-bond acceptors (Lipinski definition) is 6. The smallest absolute Gasteiger partial charge is 0.228 e. The third kappa shape index (κ3) is 5.22. The number of hydrogen-bond donors (Lipinski definition) is 2. The average molecular weight is 386 g/mol. The Morgan fingerprint density at radius 3 is 2.54 bits per heavy atom. The average Bonchev–Trinajstić information content (AvgIpc) is 2.71.